The van der Waals surface area contributed by atoms with Gasteiger partial charge in [-0.25, -0.2) is 13.1 Å². The van der Waals surface area contributed by atoms with E-state index in [0.29, 0.717) is 16.6 Å². The lowest BCUT2D eigenvalue weighted by Gasteiger charge is -2.22. The Morgan fingerprint density at radius 1 is 1.45 bits per heavy atom. The molecular weight excluding hydrogens is 344 g/mol. The molecule has 20 heavy (non-hydrogen) atoms. The molecule has 1 N–H and O–H groups in total. The highest BCUT2D eigenvalue weighted by atomic mass is 79.9. The van der Waals surface area contributed by atoms with Gasteiger partial charge in [0.2, 0.25) is 10.0 Å². The van der Waals surface area contributed by atoms with E-state index in [1.807, 2.05) is 19.9 Å². The summed E-state index contributed by atoms with van der Waals surface area (Å²) in [5.74, 6) is -0.212. The van der Waals surface area contributed by atoms with Crippen LogP contribution in [0.5, 0.6) is 0 Å². The molecule has 1 heterocycles. The topological polar surface area (TPSA) is 66.5 Å². The van der Waals surface area contributed by atoms with Gasteiger partial charge in [0.1, 0.15) is 0 Å². The van der Waals surface area contributed by atoms with Crippen LogP contribution in [0.25, 0.3) is 0 Å². The Labute approximate surface area is 127 Å². The first-order chi connectivity index (χ1) is 9.31. The van der Waals surface area contributed by atoms with Gasteiger partial charge in [-0.2, -0.15) is 0 Å². The molecule has 0 spiro atoms. The quantitative estimate of drug-likeness (QED) is 0.893. The molecule has 1 aliphatic rings. The molecule has 5 nitrogen and oxygen atoms in total. The van der Waals surface area contributed by atoms with Crippen LogP contribution in [0.2, 0.25) is 0 Å². The molecule has 1 amide bonds. The van der Waals surface area contributed by atoms with Crippen molar-refractivity contribution in [1.82, 2.24) is 9.62 Å². The second-order valence-corrected chi connectivity index (χ2v) is 7.61. The van der Waals surface area contributed by atoms with Crippen molar-refractivity contribution in [2.45, 2.75) is 37.8 Å². The minimum atomic E-state index is -3.66. The number of fused-ring (bicyclic) bond motifs is 1. The first-order valence-corrected chi connectivity index (χ1v) is 8.66. The Bertz CT molecular complexity index is 658. The summed E-state index contributed by atoms with van der Waals surface area (Å²) < 4.78 is 27.1. The number of benzene rings is 1. The van der Waals surface area contributed by atoms with Crippen LogP contribution in [0.4, 0.5) is 0 Å². The van der Waals surface area contributed by atoms with Gasteiger partial charge in [-0.15, -0.1) is 0 Å². The Morgan fingerprint density at radius 3 is 2.65 bits per heavy atom. The lowest BCUT2D eigenvalue weighted by molar-refractivity contribution is 0.0710. The number of sulfonamides is 1. The van der Waals surface area contributed by atoms with Gasteiger partial charge < -0.3 is 4.90 Å². The monoisotopic (exact) mass is 360 g/mol. The zero-order chi connectivity index (χ0) is 15.1. The molecule has 110 valence electrons. The molecule has 0 fully saturated rings. The summed E-state index contributed by atoms with van der Waals surface area (Å²) in [6.45, 7) is 4.42. The zero-order valence-electron chi connectivity index (χ0n) is 11.6. The second-order valence-electron chi connectivity index (χ2n) is 4.84. The average molecular weight is 361 g/mol. The van der Waals surface area contributed by atoms with Crippen LogP contribution in [0, 0.1) is 0 Å². The maximum atomic E-state index is 12.5. The van der Waals surface area contributed by atoms with E-state index in [9.17, 15) is 13.2 Å². The molecule has 0 aromatic heterocycles. The standard InChI is InChI=1S/C13H17BrN2O3S/c1-4-8(2)16-7-9-5-10(14)6-11(12(9)13(16)17)20(18,19)15-3/h5-6,8,15H,4,7H2,1-3H3. The van der Waals surface area contributed by atoms with Crippen LogP contribution in [-0.4, -0.2) is 32.3 Å². The van der Waals surface area contributed by atoms with Crippen molar-refractivity contribution in [1.29, 1.82) is 0 Å². The third-order valence-electron chi connectivity index (χ3n) is 3.65. The number of rotatable bonds is 4. The normalized spacial score (nSPS) is 16.4. The average Bonchev–Trinajstić information content (AvgIpc) is 2.74. The number of hydrogen-bond acceptors (Lipinski definition) is 3. The molecule has 0 bridgehead atoms. The van der Waals surface area contributed by atoms with E-state index in [4.69, 9.17) is 0 Å². The van der Waals surface area contributed by atoms with Gasteiger partial charge in [-0.05, 0) is 38.1 Å². The van der Waals surface area contributed by atoms with Gasteiger partial charge in [-0.3, -0.25) is 4.79 Å². The predicted octanol–water partition coefficient (Wildman–Crippen LogP) is 2.11. The summed E-state index contributed by atoms with van der Waals surface area (Å²) in [5, 5.41) is 0. The van der Waals surface area contributed by atoms with Crippen molar-refractivity contribution in [3.8, 4) is 0 Å². The fourth-order valence-electron chi connectivity index (χ4n) is 2.30. The first-order valence-electron chi connectivity index (χ1n) is 6.38. The van der Waals surface area contributed by atoms with Crippen LogP contribution in [0.1, 0.15) is 36.2 Å². The number of carbonyl (C=O) groups is 1. The predicted molar refractivity (Wildman–Crippen MR) is 80.0 cm³/mol. The maximum absolute atomic E-state index is 12.5. The number of amides is 1. The summed E-state index contributed by atoms with van der Waals surface area (Å²) in [4.78, 5) is 14.3. The van der Waals surface area contributed by atoms with Gasteiger partial charge in [-0.1, -0.05) is 22.9 Å². The molecule has 1 aliphatic heterocycles. The third-order valence-corrected chi connectivity index (χ3v) is 5.54. The van der Waals surface area contributed by atoms with E-state index < -0.39 is 10.0 Å². The molecule has 1 aromatic carbocycles. The van der Waals surface area contributed by atoms with E-state index >= 15 is 0 Å². The number of carbonyl (C=O) groups excluding carboxylic acids is 1. The van der Waals surface area contributed by atoms with Crippen LogP contribution >= 0.6 is 15.9 Å². The summed E-state index contributed by atoms with van der Waals surface area (Å²) in [6.07, 6.45) is 0.828. The van der Waals surface area contributed by atoms with Gasteiger partial charge in [0.05, 0.1) is 10.5 Å². The molecule has 1 atom stereocenters. The van der Waals surface area contributed by atoms with Crippen molar-refractivity contribution < 1.29 is 13.2 Å². The number of hydrogen-bond donors (Lipinski definition) is 1. The molecule has 0 saturated carbocycles. The van der Waals surface area contributed by atoms with Gasteiger partial charge in [0.25, 0.3) is 5.91 Å². The van der Waals surface area contributed by atoms with Crippen LogP contribution in [0.3, 0.4) is 0 Å². The number of nitrogens with one attached hydrogen (secondary N) is 1. The molecular formula is C13H17BrN2O3S. The third kappa shape index (κ3) is 2.49. The smallest absolute Gasteiger partial charge is 0.256 e. The molecule has 0 aliphatic carbocycles. The largest absolute Gasteiger partial charge is 0.332 e. The Hall–Kier alpha value is -0.920. The Morgan fingerprint density at radius 2 is 2.10 bits per heavy atom. The molecule has 0 saturated heterocycles. The van der Waals surface area contributed by atoms with E-state index in [0.717, 1.165) is 12.0 Å². The minimum absolute atomic E-state index is 0.0418. The molecule has 1 unspecified atom stereocenters. The highest BCUT2D eigenvalue weighted by Gasteiger charge is 2.35. The van der Waals surface area contributed by atoms with Crippen molar-refractivity contribution in [2.24, 2.45) is 0 Å². The van der Waals surface area contributed by atoms with Crippen LogP contribution < -0.4 is 4.72 Å². The van der Waals surface area contributed by atoms with E-state index in [1.165, 1.54) is 13.1 Å². The highest BCUT2D eigenvalue weighted by molar-refractivity contribution is 9.10. The molecule has 1 aromatic rings. The van der Waals surface area contributed by atoms with E-state index in [1.54, 1.807) is 4.90 Å². The van der Waals surface area contributed by atoms with Gasteiger partial charge in [0.15, 0.2) is 0 Å². The van der Waals surface area contributed by atoms with E-state index in [-0.39, 0.29) is 16.8 Å². The fraction of sp³-hybridized carbons (Fsp3) is 0.462. The van der Waals surface area contributed by atoms with E-state index in [2.05, 4.69) is 20.7 Å². The molecule has 2 rings (SSSR count). The van der Waals surface area contributed by atoms with Gasteiger partial charge in [0, 0.05) is 17.1 Å². The lowest BCUT2D eigenvalue weighted by atomic mass is 10.1. The summed E-state index contributed by atoms with van der Waals surface area (Å²) in [5.41, 5.74) is 1.04. The summed E-state index contributed by atoms with van der Waals surface area (Å²) >= 11 is 3.31. The minimum Gasteiger partial charge on any atom is -0.332 e. The number of halogens is 1. The second kappa shape index (κ2) is 5.46. The van der Waals surface area contributed by atoms with Crippen molar-refractivity contribution in [2.75, 3.05) is 7.05 Å². The van der Waals surface area contributed by atoms with Crippen molar-refractivity contribution in [3.63, 3.8) is 0 Å². The lowest BCUT2D eigenvalue weighted by Crippen LogP contribution is -2.33. The van der Waals surface area contributed by atoms with Gasteiger partial charge >= 0.3 is 0 Å². The van der Waals surface area contributed by atoms with Crippen LogP contribution in [-0.2, 0) is 16.6 Å². The zero-order valence-corrected chi connectivity index (χ0v) is 14.0. The maximum Gasteiger partial charge on any atom is 0.256 e. The Kier molecular flexibility index (Phi) is 4.22. The summed E-state index contributed by atoms with van der Waals surface area (Å²) in [7, 11) is -2.32. The first kappa shape index (κ1) is 15.5. The molecule has 7 heteroatoms. The fourth-order valence-corrected chi connectivity index (χ4v) is 3.95. The van der Waals surface area contributed by atoms with Crippen molar-refractivity contribution >= 4 is 31.9 Å². The van der Waals surface area contributed by atoms with Crippen LogP contribution in [0.15, 0.2) is 21.5 Å². The Balaban J connectivity index is 2.61. The molecule has 0 radical (unpaired) electrons. The summed E-state index contributed by atoms with van der Waals surface area (Å²) in [6, 6.07) is 3.37. The SMILES string of the molecule is CCC(C)N1Cc2cc(Br)cc(S(=O)(=O)NC)c2C1=O. The highest BCUT2D eigenvalue weighted by Crippen LogP contribution is 2.33. The number of nitrogens with zero attached hydrogens (tertiary/aromatic N) is 1. The van der Waals surface area contributed by atoms with Crippen molar-refractivity contribution in [3.05, 3.63) is 27.7 Å².